The van der Waals surface area contributed by atoms with Crippen LogP contribution in [0.15, 0.2) is 12.1 Å². The Labute approximate surface area is 112 Å². The molecule has 0 saturated carbocycles. The minimum absolute atomic E-state index is 0.0376. The molecule has 1 fully saturated rings. The van der Waals surface area contributed by atoms with Gasteiger partial charge in [0.25, 0.3) is 0 Å². The van der Waals surface area contributed by atoms with Gasteiger partial charge in [-0.3, -0.25) is 0 Å². The fourth-order valence-corrected chi connectivity index (χ4v) is 1.85. The van der Waals surface area contributed by atoms with Crippen LogP contribution in [0.3, 0.4) is 0 Å². The van der Waals surface area contributed by atoms with Crippen LogP contribution in [0.5, 0.6) is 5.88 Å². The normalized spacial score (nSPS) is 19.4. The van der Waals surface area contributed by atoms with E-state index in [1.54, 1.807) is 6.07 Å². The summed E-state index contributed by atoms with van der Waals surface area (Å²) in [6.45, 7) is 7.18. The first-order valence-electron chi connectivity index (χ1n) is 6.36. The van der Waals surface area contributed by atoms with E-state index in [1.165, 1.54) is 6.07 Å². The molecule has 5 nitrogen and oxygen atoms in total. The monoisotopic (exact) mass is 265 g/mol. The van der Waals surface area contributed by atoms with Gasteiger partial charge in [-0.25, -0.2) is 9.78 Å². The number of carboxylic acids is 1. The molecular formula is C14H19NO4. The van der Waals surface area contributed by atoms with Gasteiger partial charge < -0.3 is 14.6 Å². The van der Waals surface area contributed by atoms with Gasteiger partial charge in [-0.2, -0.15) is 0 Å². The molecule has 1 aliphatic rings. The molecule has 1 N–H and O–H groups in total. The van der Waals surface area contributed by atoms with Crippen LogP contribution in [0.25, 0.3) is 0 Å². The third-order valence-corrected chi connectivity index (χ3v) is 2.99. The zero-order chi connectivity index (χ0) is 14.0. The summed E-state index contributed by atoms with van der Waals surface area (Å²) in [4.78, 5) is 15.6. The van der Waals surface area contributed by atoms with Crippen molar-refractivity contribution in [2.45, 2.75) is 38.7 Å². The van der Waals surface area contributed by atoms with Gasteiger partial charge in [-0.05, 0) is 6.07 Å². The second-order valence-electron chi connectivity index (χ2n) is 5.74. The summed E-state index contributed by atoms with van der Waals surface area (Å²) >= 11 is 0. The number of nitrogens with zero attached hydrogens (tertiary/aromatic N) is 1. The average Bonchev–Trinajstić information content (AvgIpc) is 2.80. The first-order chi connectivity index (χ1) is 8.86. The topological polar surface area (TPSA) is 68.7 Å². The number of hydrogen-bond acceptors (Lipinski definition) is 4. The maximum atomic E-state index is 11.2. The summed E-state index contributed by atoms with van der Waals surface area (Å²) in [5.74, 6) is -0.610. The Morgan fingerprint density at radius 1 is 1.47 bits per heavy atom. The second kappa shape index (κ2) is 5.17. The summed E-state index contributed by atoms with van der Waals surface area (Å²) < 4.78 is 10.9. The Hall–Kier alpha value is -1.62. The van der Waals surface area contributed by atoms with Gasteiger partial charge in [0.15, 0.2) is 0 Å². The molecule has 0 aliphatic carbocycles. The second-order valence-corrected chi connectivity index (χ2v) is 5.74. The van der Waals surface area contributed by atoms with Crippen LogP contribution < -0.4 is 4.74 Å². The highest BCUT2D eigenvalue weighted by Gasteiger charge is 2.22. The van der Waals surface area contributed by atoms with Crippen molar-refractivity contribution in [3.05, 3.63) is 23.4 Å². The van der Waals surface area contributed by atoms with E-state index < -0.39 is 5.97 Å². The lowest BCUT2D eigenvalue weighted by Crippen LogP contribution is -2.20. The Morgan fingerprint density at radius 2 is 2.21 bits per heavy atom. The molecule has 0 bridgehead atoms. The molecule has 0 radical (unpaired) electrons. The van der Waals surface area contributed by atoms with Gasteiger partial charge in [0, 0.05) is 17.9 Å². The fourth-order valence-electron chi connectivity index (χ4n) is 1.85. The highest BCUT2D eigenvalue weighted by molar-refractivity contribution is 5.88. The number of carboxylic acid groups (broad SMARTS) is 1. The number of carbonyl (C=O) groups is 1. The summed E-state index contributed by atoms with van der Waals surface area (Å²) in [7, 11) is 0. The summed E-state index contributed by atoms with van der Waals surface area (Å²) in [6.07, 6.45) is 0.772. The standard InChI is InChI=1S/C14H19NO4/c1-14(2,3)11-6-9(13(16)17)7-12(15-11)19-10-4-5-18-8-10/h6-7,10H,4-5,8H2,1-3H3,(H,16,17). The van der Waals surface area contributed by atoms with Crippen molar-refractivity contribution >= 4 is 5.97 Å². The third-order valence-electron chi connectivity index (χ3n) is 2.99. The zero-order valence-corrected chi connectivity index (χ0v) is 11.5. The number of pyridine rings is 1. The number of hydrogen-bond donors (Lipinski definition) is 1. The van der Waals surface area contributed by atoms with Crippen LogP contribution >= 0.6 is 0 Å². The summed E-state index contributed by atoms with van der Waals surface area (Å²) in [5.41, 5.74) is 0.686. The highest BCUT2D eigenvalue weighted by atomic mass is 16.5. The highest BCUT2D eigenvalue weighted by Crippen LogP contribution is 2.25. The molecule has 1 atom stereocenters. The predicted molar refractivity (Wildman–Crippen MR) is 69.7 cm³/mol. The smallest absolute Gasteiger partial charge is 0.335 e. The minimum atomic E-state index is -0.972. The molecule has 5 heteroatoms. The molecule has 1 aliphatic heterocycles. The van der Waals surface area contributed by atoms with Crippen LogP contribution in [0.2, 0.25) is 0 Å². The van der Waals surface area contributed by atoms with Gasteiger partial charge in [0.1, 0.15) is 6.10 Å². The molecule has 2 rings (SSSR count). The lowest BCUT2D eigenvalue weighted by atomic mass is 9.91. The number of rotatable bonds is 3. The summed E-state index contributed by atoms with van der Waals surface area (Å²) in [5, 5.41) is 9.15. The minimum Gasteiger partial charge on any atom is -0.478 e. The van der Waals surface area contributed by atoms with Crippen LogP contribution in [0.1, 0.15) is 43.2 Å². The largest absolute Gasteiger partial charge is 0.478 e. The lowest BCUT2D eigenvalue weighted by Gasteiger charge is -2.20. The van der Waals surface area contributed by atoms with Crippen LogP contribution in [-0.2, 0) is 10.2 Å². The van der Waals surface area contributed by atoms with Gasteiger partial charge >= 0.3 is 5.97 Å². The van der Waals surface area contributed by atoms with Crippen molar-refractivity contribution in [1.29, 1.82) is 0 Å². The number of ether oxygens (including phenoxy) is 2. The van der Waals surface area contributed by atoms with Gasteiger partial charge in [0.2, 0.25) is 5.88 Å². The Bertz CT molecular complexity index is 473. The van der Waals surface area contributed by atoms with E-state index in [0.717, 1.165) is 6.42 Å². The summed E-state index contributed by atoms with van der Waals surface area (Å²) in [6, 6.07) is 3.07. The van der Waals surface area contributed by atoms with Crippen molar-refractivity contribution in [3.8, 4) is 5.88 Å². The van der Waals surface area contributed by atoms with Crippen LogP contribution in [0.4, 0.5) is 0 Å². The van der Waals surface area contributed by atoms with Gasteiger partial charge in [0.05, 0.1) is 24.5 Å². The number of aromatic nitrogens is 1. The quantitative estimate of drug-likeness (QED) is 0.907. The fraction of sp³-hybridized carbons (Fsp3) is 0.571. The van der Waals surface area contributed by atoms with Crippen LogP contribution in [0, 0.1) is 0 Å². The van der Waals surface area contributed by atoms with Crippen molar-refractivity contribution in [1.82, 2.24) is 4.98 Å². The molecule has 1 aromatic rings. The molecule has 2 heterocycles. The Balaban J connectivity index is 2.31. The molecular weight excluding hydrogens is 246 g/mol. The van der Waals surface area contributed by atoms with Gasteiger partial charge in [-0.15, -0.1) is 0 Å². The Kier molecular flexibility index (Phi) is 3.75. The van der Waals surface area contributed by atoms with Crippen molar-refractivity contribution < 1.29 is 19.4 Å². The molecule has 19 heavy (non-hydrogen) atoms. The van der Waals surface area contributed by atoms with Crippen LogP contribution in [-0.4, -0.2) is 35.4 Å². The molecule has 0 spiro atoms. The molecule has 1 saturated heterocycles. The third kappa shape index (κ3) is 3.44. The molecule has 1 unspecified atom stereocenters. The molecule has 1 aromatic heterocycles. The van der Waals surface area contributed by atoms with Crippen molar-refractivity contribution in [2.24, 2.45) is 0 Å². The van der Waals surface area contributed by atoms with Crippen molar-refractivity contribution in [2.75, 3.05) is 13.2 Å². The van der Waals surface area contributed by atoms with E-state index in [-0.39, 0.29) is 17.1 Å². The molecule has 104 valence electrons. The van der Waals surface area contributed by atoms with Crippen molar-refractivity contribution in [3.63, 3.8) is 0 Å². The Morgan fingerprint density at radius 3 is 2.74 bits per heavy atom. The van der Waals surface area contributed by atoms with E-state index in [0.29, 0.717) is 24.8 Å². The molecule has 0 amide bonds. The zero-order valence-electron chi connectivity index (χ0n) is 11.5. The lowest BCUT2D eigenvalue weighted by molar-refractivity contribution is 0.0695. The van der Waals surface area contributed by atoms with E-state index in [9.17, 15) is 4.79 Å². The first kappa shape index (κ1) is 13.8. The maximum Gasteiger partial charge on any atom is 0.335 e. The first-order valence-corrected chi connectivity index (χ1v) is 6.36. The van der Waals surface area contributed by atoms with E-state index >= 15 is 0 Å². The SMILES string of the molecule is CC(C)(C)c1cc(C(=O)O)cc(OC2CCOC2)n1. The average molecular weight is 265 g/mol. The number of aromatic carboxylic acids is 1. The van der Waals surface area contributed by atoms with E-state index in [4.69, 9.17) is 14.6 Å². The van der Waals surface area contributed by atoms with Gasteiger partial charge in [-0.1, -0.05) is 20.8 Å². The predicted octanol–water partition coefficient (Wildman–Crippen LogP) is 2.25. The molecule has 0 aromatic carbocycles. The maximum absolute atomic E-state index is 11.2. The van der Waals surface area contributed by atoms with E-state index in [1.807, 2.05) is 20.8 Å². The van der Waals surface area contributed by atoms with E-state index in [2.05, 4.69) is 4.98 Å².